The van der Waals surface area contributed by atoms with Gasteiger partial charge in [0.2, 0.25) is 0 Å². The molecule has 4 heteroatoms. The van der Waals surface area contributed by atoms with Crippen molar-refractivity contribution in [1.82, 2.24) is 9.55 Å². The number of rotatable bonds is 2. The fourth-order valence-electron chi connectivity index (χ4n) is 1.52. The Morgan fingerprint density at radius 2 is 2.67 bits per heavy atom. The summed E-state index contributed by atoms with van der Waals surface area (Å²) in [6.07, 6.45) is 4.46. The van der Waals surface area contributed by atoms with Crippen LogP contribution in [0.4, 0.5) is 0 Å². The van der Waals surface area contributed by atoms with E-state index in [1.54, 1.807) is 12.5 Å². The fourth-order valence-corrected chi connectivity index (χ4v) is 1.52. The summed E-state index contributed by atoms with van der Waals surface area (Å²) in [5.74, 6) is 0. The van der Waals surface area contributed by atoms with Gasteiger partial charge < -0.3 is 14.4 Å². The number of ether oxygens (including phenoxy) is 1. The molecule has 1 aromatic heterocycles. The van der Waals surface area contributed by atoms with Crippen LogP contribution in [0.3, 0.4) is 0 Å². The smallest absolute Gasteiger partial charge is 0.0952 e. The molecule has 1 fully saturated rings. The molecule has 1 atom stereocenters. The van der Waals surface area contributed by atoms with Crippen molar-refractivity contribution in [3.63, 3.8) is 0 Å². The van der Waals surface area contributed by atoms with Gasteiger partial charge in [0, 0.05) is 6.61 Å². The van der Waals surface area contributed by atoms with E-state index in [1.165, 1.54) is 0 Å². The fraction of sp³-hybridized carbons (Fsp3) is 0.625. The number of aliphatic hydroxyl groups is 1. The topological polar surface area (TPSA) is 47.3 Å². The monoisotopic (exact) mass is 168 g/mol. The van der Waals surface area contributed by atoms with Crippen molar-refractivity contribution >= 4 is 0 Å². The number of aliphatic hydroxyl groups excluding tert-OH is 1. The first-order valence-electron chi connectivity index (χ1n) is 4.11. The van der Waals surface area contributed by atoms with Gasteiger partial charge >= 0.3 is 0 Å². The van der Waals surface area contributed by atoms with Crippen LogP contribution >= 0.6 is 0 Å². The first kappa shape index (κ1) is 7.76. The molecule has 2 rings (SSSR count). The van der Waals surface area contributed by atoms with E-state index in [2.05, 4.69) is 4.98 Å². The van der Waals surface area contributed by atoms with Crippen LogP contribution in [0.1, 0.15) is 18.2 Å². The summed E-state index contributed by atoms with van der Waals surface area (Å²) in [5.41, 5.74) is 0.866. The van der Waals surface area contributed by atoms with Gasteiger partial charge in [0.05, 0.1) is 37.5 Å². The maximum absolute atomic E-state index is 8.97. The van der Waals surface area contributed by atoms with E-state index in [0.29, 0.717) is 6.04 Å². The summed E-state index contributed by atoms with van der Waals surface area (Å²) in [7, 11) is 0. The Balaban J connectivity index is 2.19. The van der Waals surface area contributed by atoms with Crippen molar-refractivity contribution in [3.05, 3.63) is 18.2 Å². The van der Waals surface area contributed by atoms with Crippen molar-refractivity contribution in [2.45, 2.75) is 19.1 Å². The quantitative estimate of drug-likeness (QED) is 0.692. The molecule has 1 aliphatic heterocycles. The maximum atomic E-state index is 8.97. The Morgan fingerprint density at radius 1 is 1.75 bits per heavy atom. The third-order valence-corrected chi connectivity index (χ3v) is 2.21. The Morgan fingerprint density at radius 3 is 3.33 bits per heavy atom. The van der Waals surface area contributed by atoms with Crippen LogP contribution in [0.25, 0.3) is 0 Å². The van der Waals surface area contributed by atoms with Gasteiger partial charge in [-0.05, 0) is 6.42 Å². The van der Waals surface area contributed by atoms with E-state index in [-0.39, 0.29) is 6.61 Å². The number of nitrogens with zero attached hydrogens (tertiary/aromatic N) is 2. The van der Waals surface area contributed by atoms with Crippen LogP contribution in [-0.2, 0) is 11.3 Å². The van der Waals surface area contributed by atoms with E-state index in [9.17, 15) is 0 Å². The van der Waals surface area contributed by atoms with Crippen LogP contribution in [-0.4, -0.2) is 27.9 Å². The molecule has 0 amide bonds. The minimum absolute atomic E-state index is 0.0521. The van der Waals surface area contributed by atoms with Crippen LogP contribution in [0.15, 0.2) is 12.5 Å². The summed E-state index contributed by atoms with van der Waals surface area (Å²) in [5, 5.41) is 8.97. The van der Waals surface area contributed by atoms with Crippen LogP contribution < -0.4 is 0 Å². The van der Waals surface area contributed by atoms with Gasteiger partial charge in [0.1, 0.15) is 0 Å². The molecule has 0 radical (unpaired) electrons. The van der Waals surface area contributed by atoms with Crippen molar-refractivity contribution in [2.75, 3.05) is 13.2 Å². The maximum Gasteiger partial charge on any atom is 0.0952 e. The minimum Gasteiger partial charge on any atom is -0.390 e. The number of hydrogen-bond acceptors (Lipinski definition) is 3. The normalized spacial score (nSPS) is 23.2. The third kappa shape index (κ3) is 1.23. The molecule has 1 aliphatic rings. The van der Waals surface area contributed by atoms with Gasteiger partial charge in [-0.15, -0.1) is 0 Å². The molecule has 1 N–H and O–H groups in total. The highest BCUT2D eigenvalue weighted by molar-refractivity contribution is 4.99. The average Bonchev–Trinajstić information content (AvgIpc) is 2.74. The summed E-state index contributed by atoms with van der Waals surface area (Å²) in [6, 6.07) is 0.370. The molecule has 2 heterocycles. The van der Waals surface area contributed by atoms with Crippen molar-refractivity contribution in [1.29, 1.82) is 0 Å². The van der Waals surface area contributed by atoms with Gasteiger partial charge in [-0.3, -0.25) is 0 Å². The first-order valence-corrected chi connectivity index (χ1v) is 4.11. The van der Waals surface area contributed by atoms with E-state index in [1.807, 2.05) is 4.57 Å². The lowest BCUT2D eigenvalue weighted by Crippen LogP contribution is -2.10. The molecular weight excluding hydrogens is 156 g/mol. The highest BCUT2D eigenvalue weighted by atomic mass is 16.5. The second-order valence-corrected chi connectivity index (χ2v) is 2.97. The molecule has 0 bridgehead atoms. The second-order valence-electron chi connectivity index (χ2n) is 2.97. The molecule has 1 unspecified atom stereocenters. The van der Waals surface area contributed by atoms with Crippen LogP contribution in [0, 0.1) is 0 Å². The van der Waals surface area contributed by atoms with Gasteiger partial charge in [-0.1, -0.05) is 0 Å². The van der Waals surface area contributed by atoms with Crippen molar-refractivity contribution < 1.29 is 9.84 Å². The van der Waals surface area contributed by atoms with Crippen molar-refractivity contribution in [3.8, 4) is 0 Å². The summed E-state index contributed by atoms with van der Waals surface area (Å²) < 4.78 is 7.24. The SMILES string of the molecule is OCc1cncn1C1CCOC1. The lowest BCUT2D eigenvalue weighted by atomic mass is 10.2. The molecule has 66 valence electrons. The third-order valence-electron chi connectivity index (χ3n) is 2.21. The average molecular weight is 168 g/mol. The Bertz CT molecular complexity index is 253. The molecular formula is C8H12N2O2. The number of aromatic nitrogens is 2. The minimum atomic E-state index is 0.0521. The van der Waals surface area contributed by atoms with E-state index in [0.717, 1.165) is 25.3 Å². The highest BCUT2D eigenvalue weighted by Gasteiger charge is 2.18. The second kappa shape index (κ2) is 3.25. The van der Waals surface area contributed by atoms with Gasteiger partial charge in [0.25, 0.3) is 0 Å². The Kier molecular flexibility index (Phi) is 2.10. The first-order chi connectivity index (χ1) is 5.92. The molecule has 12 heavy (non-hydrogen) atoms. The number of hydrogen-bond donors (Lipinski definition) is 1. The zero-order chi connectivity index (χ0) is 8.39. The van der Waals surface area contributed by atoms with Gasteiger partial charge in [0.15, 0.2) is 0 Å². The van der Waals surface area contributed by atoms with E-state index < -0.39 is 0 Å². The predicted octanol–water partition coefficient (Wildman–Crippen LogP) is 0.337. The highest BCUT2D eigenvalue weighted by Crippen LogP contribution is 2.20. The largest absolute Gasteiger partial charge is 0.390 e. The summed E-state index contributed by atoms with van der Waals surface area (Å²) >= 11 is 0. The van der Waals surface area contributed by atoms with E-state index in [4.69, 9.17) is 9.84 Å². The number of imidazole rings is 1. The van der Waals surface area contributed by atoms with Crippen molar-refractivity contribution in [2.24, 2.45) is 0 Å². The molecule has 0 spiro atoms. The molecule has 1 saturated heterocycles. The lowest BCUT2D eigenvalue weighted by molar-refractivity contribution is 0.184. The summed E-state index contributed by atoms with van der Waals surface area (Å²) in [6.45, 7) is 1.60. The lowest BCUT2D eigenvalue weighted by Gasteiger charge is -2.11. The van der Waals surface area contributed by atoms with Crippen LogP contribution in [0.5, 0.6) is 0 Å². The predicted molar refractivity (Wildman–Crippen MR) is 42.6 cm³/mol. The van der Waals surface area contributed by atoms with Crippen LogP contribution in [0.2, 0.25) is 0 Å². The molecule has 1 aromatic rings. The standard InChI is InChI=1S/C8H12N2O2/c11-4-8-3-9-6-10(8)7-1-2-12-5-7/h3,6-7,11H,1-2,4-5H2. The zero-order valence-electron chi connectivity index (χ0n) is 6.81. The zero-order valence-corrected chi connectivity index (χ0v) is 6.81. The Labute approximate surface area is 70.8 Å². The molecule has 0 saturated carbocycles. The molecule has 4 nitrogen and oxygen atoms in total. The van der Waals surface area contributed by atoms with Gasteiger partial charge in [-0.25, -0.2) is 4.98 Å². The van der Waals surface area contributed by atoms with E-state index >= 15 is 0 Å². The molecule has 0 aliphatic carbocycles. The molecule has 0 aromatic carbocycles. The van der Waals surface area contributed by atoms with Gasteiger partial charge in [-0.2, -0.15) is 0 Å². The summed E-state index contributed by atoms with van der Waals surface area (Å²) in [4.78, 5) is 3.98. The Hall–Kier alpha value is -0.870.